The van der Waals surface area contributed by atoms with Crippen LogP contribution >= 0.6 is 0 Å². The Balaban J connectivity index is 3.40. The minimum Gasteiger partial charge on any atom is -0.450 e. The summed E-state index contributed by atoms with van der Waals surface area (Å²) in [5, 5.41) is 18.1. The van der Waals surface area contributed by atoms with E-state index in [1.807, 2.05) is 0 Å². The fourth-order valence-corrected chi connectivity index (χ4v) is 2.91. The molecule has 0 bridgehead atoms. The van der Waals surface area contributed by atoms with Crippen LogP contribution in [0.4, 0.5) is 9.59 Å². The Bertz CT molecular complexity index is 469. The number of carbonyl (C=O) groups is 2. The Morgan fingerprint density at radius 1 is 1.29 bits per heavy atom. The van der Waals surface area contributed by atoms with Crippen LogP contribution in [0.25, 0.3) is 0 Å². The van der Waals surface area contributed by atoms with Gasteiger partial charge < -0.3 is 19.7 Å². The zero-order valence-electron chi connectivity index (χ0n) is 11.9. The van der Waals surface area contributed by atoms with Crippen LogP contribution < -0.4 is 0 Å². The monoisotopic (exact) mass is 296 g/mol. The molecule has 0 radical (unpaired) electrons. The van der Waals surface area contributed by atoms with Crippen LogP contribution in [0.5, 0.6) is 0 Å². The molecule has 3 unspecified atom stereocenters. The standard InChI is InChI=1S/C15H20O6/c1-4-7-11-8-6-10-14(3,20-12(16)17)15(11,9-5-2)21-13(18)19/h4-6,8,11H,1-2,7,9-10H2,3H3,(H,16,17)(H,18,19). The van der Waals surface area contributed by atoms with Crippen molar-refractivity contribution in [2.75, 3.05) is 0 Å². The van der Waals surface area contributed by atoms with Crippen molar-refractivity contribution in [2.24, 2.45) is 5.92 Å². The first kappa shape index (κ1) is 16.8. The first-order valence-corrected chi connectivity index (χ1v) is 6.53. The summed E-state index contributed by atoms with van der Waals surface area (Å²) in [6, 6.07) is 0. The summed E-state index contributed by atoms with van der Waals surface area (Å²) in [7, 11) is 0. The minimum absolute atomic E-state index is 0.131. The van der Waals surface area contributed by atoms with Gasteiger partial charge in [-0.1, -0.05) is 24.3 Å². The molecular weight excluding hydrogens is 276 g/mol. The second-order valence-electron chi connectivity index (χ2n) is 5.11. The molecule has 21 heavy (non-hydrogen) atoms. The van der Waals surface area contributed by atoms with Gasteiger partial charge in [0.05, 0.1) is 0 Å². The topological polar surface area (TPSA) is 93.1 Å². The van der Waals surface area contributed by atoms with E-state index in [-0.39, 0.29) is 18.8 Å². The number of hydrogen-bond acceptors (Lipinski definition) is 4. The van der Waals surface area contributed by atoms with Gasteiger partial charge >= 0.3 is 12.3 Å². The van der Waals surface area contributed by atoms with E-state index < -0.39 is 23.5 Å². The maximum Gasteiger partial charge on any atom is 0.506 e. The van der Waals surface area contributed by atoms with E-state index in [0.717, 1.165) is 0 Å². The Morgan fingerprint density at radius 3 is 2.38 bits per heavy atom. The van der Waals surface area contributed by atoms with Crippen LogP contribution in [-0.4, -0.2) is 33.7 Å². The van der Waals surface area contributed by atoms with Crippen molar-refractivity contribution >= 4 is 12.3 Å². The molecule has 1 aliphatic rings. The third kappa shape index (κ3) is 3.26. The first-order valence-electron chi connectivity index (χ1n) is 6.53. The highest BCUT2D eigenvalue weighted by molar-refractivity contribution is 5.60. The molecule has 6 nitrogen and oxygen atoms in total. The van der Waals surface area contributed by atoms with Crippen LogP contribution in [0.2, 0.25) is 0 Å². The fourth-order valence-electron chi connectivity index (χ4n) is 2.91. The lowest BCUT2D eigenvalue weighted by Crippen LogP contribution is -2.62. The first-order chi connectivity index (χ1) is 9.81. The van der Waals surface area contributed by atoms with Crippen LogP contribution in [0.1, 0.15) is 26.2 Å². The van der Waals surface area contributed by atoms with E-state index in [0.29, 0.717) is 6.42 Å². The van der Waals surface area contributed by atoms with Crippen molar-refractivity contribution < 1.29 is 29.3 Å². The van der Waals surface area contributed by atoms with Gasteiger partial charge in [0.25, 0.3) is 0 Å². The SMILES string of the molecule is C=CCC1C=CCC(C)(OC(=O)O)C1(CC=C)OC(=O)O. The van der Waals surface area contributed by atoms with Crippen molar-refractivity contribution in [1.82, 2.24) is 0 Å². The lowest BCUT2D eigenvalue weighted by Gasteiger charge is -2.50. The van der Waals surface area contributed by atoms with Gasteiger partial charge in [-0.05, 0) is 13.3 Å². The van der Waals surface area contributed by atoms with Gasteiger partial charge in [-0.2, -0.15) is 0 Å². The summed E-state index contributed by atoms with van der Waals surface area (Å²) in [5.74, 6) is -0.387. The van der Waals surface area contributed by atoms with Gasteiger partial charge in [-0.15, -0.1) is 13.2 Å². The fraction of sp³-hybridized carbons (Fsp3) is 0.467. The third-order valence-electron chi connectivity index (χ3n) is 3.82. The summed E-state index contributed by atoms with van der Waals surface area (Å²) >= 11 is 0. The van der Waals surface area contributed by atoms with Crippen molar-refractivity contribution in [2.45, 2.75) is 37.4 Å². The van der Waals surface area contributed by atoms with Crippen LogP contribution in [0, 0.1) is 5.92 Å². The van der Waals surface area contributed by atoms with E-state index in [9.17, 15) is 9.59 Å². The van der Waals surface area contributed by atoms with Gasteiger partial charge in [0.2, 0.25) is 0 Å². The Morgan fingerprint density at radius 2 is 1.90 bits per heavy atom. The van der Waals surface area contributed by atoms with E-state index >= 15 is 0 Å². The normalized spacial score (nSPS) is 31.2. The molecule has 116 valence electrons. The molecule has 0 aliphatic heterocycles. The molecule has 0 amide bonds. The quantitative estimate of drug-likeness (QED) is 0.574. The number of allylic oxidation sites excluding steroid dienone is 1. The number of rotatable bonds is 6. The molecule has 0 aromatic rings. The van der Waals surface area contributed by atoms with E-state index in [4.69, 9.17) is 19.7 Å². The Kier molecular flexibility index (Phi) is 5.18. The predicted molar refractivity (Wildman–Crippen MR) is 76.2 cm³/mol. The van der Waals surface area contributed by atoms with E-state index in [2.05, 4.69) is 13.2 Å². The van der Waals surface area contributed by atoms with Crippen molar-refractivity contribution in [3.8, 4) is 0 Å². The largest absolute Gasteiger partial charge is 0.506 e. The molecule has 2 N–H and O–H groups in total. The highest BCUT2D eigenvalue weighted by Gasteiger charge is 2.58. The van der Waals surface area contributed by atoms with Crippen LogP contribution in [-0.2, 0) is 9.47 Å². The highest BCUT2D eigenvalue weighted by Crippen LogP contribution is 2.47. The van der Waals surface area contributed by atoms with E-state index in [1.165, 1.54) is 13.0 Å². The molecule has 0 saturated heterocycles. The van der Waals surface area contributed by atoms with Gasteiger partial charge in [0, 0.05) is 18.8 Å². The summed E-state index contributed by atoms with van der Waals surface area (Å²) in [6.45, 7) is 8.80. The number of ether oxygens (including phenoxy) is 2. The molecule has 0 saturated carbocycles. The second-order valence-corrected chi connectivity index (χ2v) is 5.11. The zero-order chi connectivity index (χ0) is 16.1. The average Bonchev–Trinajstić information content (AvgIpc) is 2.34. The summed E-state index contributed by atoms with van der Waals surface area (Å²) in [5.41, 5.74) is -2.71. The molecule has 0 aromatic carbocycles. The van der Waals surface area contributed by atoms with Crippen LogP contribution in [0.3, 0.4) is 0 Å². The van der Waals surface area contributed by atoms with Crippen molar-refractivity contribution in [1.29, 1.82) is 0 Å². The highest BCUT2D eigenvalue weighted by atomic mass is 16.7. The van der Waals surface area contributed by atoms with Gasteiger partial charge in [-0.3, -0.25) is 0 Å². The molecule has 1 rings (SSSR count). The maximum absolute atomic E-state index is 11.2. The van der Waals surface area contributed by atoms with Gasteiger partial charge in [0.15, 0.2) is 11.2 Å². The number of carboxylic acid groups (broad SMARTS) is 2. The minimum atomic E-state index is -1.48. The Labute approximate surface area is 123 Å². The van der Waals surface area contributed by atoms with Crippen molar-refractivity contribution in [3.05, 3.63) is 37.5 Å². The van der Waals surface area contributed by atoms with Crippen molar-refractivity contribution in [3.63, 3.8) is 0 Å². The summed E-state index contributed by atoms with van der Waals surface area (Å²) in [4.78, 5) is 22.2. The molecule has 0 aromatic heterocycles. The van der Waals surface area contributed by atoms with E-state index in [1.54, 1.807) is 18.2 Å². The van der Waals surface area contributed by atoms with Crippen LogP contribution in [0.15, 0.2) is 37.5 Å². The third-order valence-corrected chi connectivity index (χ3v) is 3.82. The second kappa shape index (κ2) is 6.47. The molecule has 0 heterocycles. The molecule has 3 atom stereocenters. The summed E-state index contributed by atoms with van der Waals surface area (Å²) in [6.07, 6.45) is 4.52. The molecule has 1 aliphatic carbocycles. The number of hydrogen-bond donors (Lipinski definition) is 2. The molecule has 6 heteroatoms. The smallest absolute Gasteiger partial charge is 0.450 e. The zero-order valence-corrected chi connectivity index (χ0v) is 11.9. The summed E-state index contributed by atoms with van der Waals surface area (Å²) < 4.78 is 10.2. The lowest BCUT2D eigenvalue weighted by molar-refractivity contribution is -0.181. The van der Waals surface area contributed by atoms with Gasteiger partial charge in [0.1, 0.15) is 0 Å². The molecule has 0 fully saturated rings. The maximum atomic E-state index is 11.2. The lowest BCUT2D eigenvalue weighted by atomic mass is 9.66. The molecular formula is C15H20O6. The average molecular weight is 296 g/mol. The van der Waals surface area contributed by atoms with Gasteiger partial charge in [-0.25, -0.2) is 9.59 Å². The predicted octanol–water partition coefficient (Wildman–Crippen LogP) is 3.60. The Hall–Kier alpha value is -2.24. The molecule has 0 spiro atoms.